The molecule has 2 amide bonds. The summed E-state index contributed by atoms with van der Waals surface area (Å²) < 4.78 is 6.34. The molecule has 3 saturated heterocycles. The molecule has 4 rings (SSSR count). The minimum absolute atomic E-state index is 0.197. The van der Waals surface area contributed by atoms with Gasteiger partial charge in [-0.05, 0) is 51.0 Å². The summed E-state index contributed by atoms with van der Waals surface area (Å²) >= 11 is 3.56. The molecule has 3 fully saturated rings. The van der Waals surface area contributed by atoms with Crippen LogP contribution in [0.25, 0.3) is 0 Å². The molecule has 202 valence electrons. The summed E-state index contributed by atoms with van der Waals surface area (Å²) in [6.45, 7) is 11.4. The van der Waals surface area contributed by atoms with Crippen molar-refractivity contribution in [1.82, 2.24) is 4.90 Å². The molecule has 7 atom stereocenters. The molecule has 1 spiro atoms. The molecule has 2 N–H and O–H groups in total. The zero-order chi connectivity index (χ0) is 27.1. The number of carbonyl (C=O) groups is 3. The van der Waals surface area contributed by atoms with Crippen molar-refractivity contribution in [3.05, 3.63) is 36.9 Å². The van der Waals surface area contributed by atoms with Crippen molar-refractivity contribution in [1.29, 1.82) is 0 Å². The fourth-order valence-corrected chi connectivity index (χ4v) is 7.41. The molecule has 9 nitrogen and oxygen atoms in total. The highest BCUT2D eigenvalue weighted by atomic mass is 79.9. The topological polar surface area (TPSA) is 111 Å². The number of aliphatic hydroxyl groups is 1. The number of hydrogen-bond acceptors (Lipinski definition) is 6. The number of carboxylic acids is 1. The molecule has 0 radical (unpaired) electrons. The van der Waals surface area contributed by atoms with Crippen LogP contribution in [-0.2, 0) is 19.1 Å². The summed E-state index contributed by atoms with van der Waals surface area (Å²) in [5.41, 5.74) is 0.383. The van der Waals surface area contributed by atoms with Crippen molar-refractivity contribution in [3.63, 3.8) is 0 Å². The lowest BCUT2D eigenvalue weighted by Crippen LogP contribution is -2.59. The van der Waals surface area contributed by atoms with Gasteiger partial charge in [0.2, 0.25) is 5.91 Å². The quantitative estimate of drug-likeness (QED) is 0.307. The number of carboxylic acid groups (broad SMARTS) is 1. The molecule has 1 aromatic carbocycles. The second-order valence-electron chi connectivity index (χ2n) is 9.92. The first-order valence-electron chi connectivity index (χ1n) is 13.0. The Hall–Kier alpha value is -2.43. The average Bonchev–Trinajstić information content (AvgIpc) is 3.48. The van der Waals surface area contributed by atoms with E-state index in [1.165, 1.54) is 4.90 Å². The van der Waals surface area contributed by atoms with Crippen LogP contribution in [0.2, 0.25) is 0 Å². The van der Waals surface area contributed by atoms with Gasteiger partial charge in [-0.2, -0.15) is 0 Å². The number of amides is 2. The van der Waals surface area contributed by atoms with E-state index < -0.39 is 47.5 Å². The Morgan fingerprint density at radius 2 is 1.86 bits per heavy atom. The maximum atomic E-state index is 14.4. The molecule has 0 aliphatic carbocycles. The first-order valence-corrected chi connectivity index (χ1v) is 13.9. The van der Waals surface area contributed by atoms with E-state index in [1.54, 1.807) is 11.0 Å². The summed E-state index contributed by atoms with van der Waals surface area (Å²) in [6.07, 6.45) is 1.65. The molecule has 37 heavy (non-hydrogen) atoms. The molecule has 10 heteroatoms. The van der Waals surface area contributed by atoms with Gasteiger partial charge in [-0.3, -0.25) is 14.4 Å². The minimum Gasteiger partial charge on any atom is -0.481 e. The van der Waals surface area contributed by atoms with Crippen molar-refractivity contribution in [2.45, 2.75) is 62.2 Å². The van der Waals surface area contributed by atoms with E-state index in [2.05, 4.69) is 41.3 Å². The standard InChI is InChI=1S/C27H36BrN3O6/c1-5-13-30(18-11-9-17(10-12-18)29(7-3)8-4)25(34)23-27-14-19(28)22(37-27)20(26(35)36)21(27)24(33)31(23)16(6-2)15-32/h5,9-12,16,19-23,32H,1,6-8,13-15H2,2-4H3,(H,35,36)/t16-,19?,20-,21-,22-,23?,27?/m0/s1. The number of hydrogen-bond donors (Lipinski definition) is 2. The molecule has 3 aliphatic heterocycles. The molecule has 1 aromatic rings. The number of ether oxygens (including phenoxy) is 1. The summed E-state index contributed by atoms with van der Waals surface area (Å²) in [7, 11) is 0. The van der Waals surface area contributed by atoms with Gasteiger partial charge < -0.3 is 29.6 Å². The fourth-order valence-electron chi connectivity index (χ4n) is 6.47. The first-order chi connectivity index (χ1) is 17.7. The van der Waals surface area contributed by atoms with Gasteiger partial charge in [-0.15, -0.1) is 6.58 Å². The molecule has 3 heterocycles. The molecular formula is C27H36BrN3O6. The first kappa shape index (κ1) is 27.6. The fraction of sp³-hybridized carbons (Fsp3) is 0.593. The van der Waals surface area contributed by atoms with Crippen LogP contribution in [0.5, 0.6) is 0 Å². The zero-order valence-corrected chi connectivity index (χ0v) is 23.1. The van der Waals surface area contributed by atoms with Gasteiger partial charge >= 0.3 is 5.97 Å². The Labute approximate surface area is 226 Å². The van der Waals surface area contributed by atoms with Crippen LogP contribution in [0.15, 0.2) is 36.9 Å². The van der Waals surface area contributed by atoms with Gasteiger partial charge in [-0.25, -0.2) is 0 Å². The second kappa shape index (κ2) is 10.7. The number of rotatable bonds is 11. The number of aliphatic carboxylic acids is 1. The summed E-state index contributed by atoms with van der Waals surface area (Å²) in [6, 6.07) is 5.95. The number of halogens is 1. The van der Waals surface area contributed by atoms with E-state index in [1.807, 2.05) is 31.2 Å². The highest BCUT2D eigenvalue weighted by Gasteiger charge is 2.77. The Bertz CT molecular complexity index is 1040. The number of likely N-dealkylation sites (tertiary alicyclic amines) is 1. The molecule has 0 aromatic heterocycles. The predicted octanol–water partition coefficient (Wildman–Crippen LogP) is 2.66. The third kappa shape index (κ3) is 4.27. The van der Waals surface area contributed by atoms with Crippen molar-refractivity contribution >= 4 is 45.1 Å². The van der Waals surface area contributed by atoms with E-state index in [4.69, 9.17) is 4.74 Å². The van der Waals surface area contributed by atoms with E-state index >= 15 is 0 Å². The summed E-state index contributed by atoms with van der Waals surface area (Å²) in [5.74, 6) is -3.99. The summed E-state index contributed by atoms with van der Waals surface area (Å²) in [4.78, 5) is 45.4. The number of nitrogens with zero attached hydrogens (tertiary/aromatic N) is 3. The van der Waals surface area contributed by atoms with Crippen LogP contribution < -0.4 is 9.80 Å². The molecule has 0 saturated carbocycles. The normalized spacial score (nSPS) is 30.8. The minimum atomic E-state index is -1.29. The number of fused-ring (bicyclic) bond motifs is 1. The lowest BCUT2D eigenvalue weighted by molar-refractivity contribution is -0.150. The van der Waals surface area contributed by atoms with Crippen LogP contribution in [0.4, 0.5) is 11.4 Å². The smallest absolute Gasteiger partial charge is 0.310 e. The largest absolute Gasteiger partial charge is 0.481 e. The van der Waals surface area contributed by atoms with Crippen LogP contribution in [0.3, 0.4) is 0 Å². The van der Waals surface area contributed by atoms with Gasteiger partial charge in [-0.1, -0.05) is 28.9 Å². The van der Waals surface area contributed by atoms with E-state index in [-0.39, 0.29) is 23.9 Å². The number of alkyl halides is 1. The van der Waals surface area contributed by atoms with E-state index in [0.717, 1.165) is 18.8 Å². The lowest BCUT2D eigenvalue weighted by Gasteiger charge is -2.39. The highest BCUT2D eigenvalue weighted by Crippen LogP contribution is 2.60. The van der Waals surface area contributed by atoms with Gasteiger partial charge in [0, 0.05) is 35.8 Å². The monoisotopic (exact) mass is 577 g/mol. The second-order valence-corrected chi connectivity index (χ2v) is 11.1. The Kier molecular flexibility index (Phi) is 8.02. The highest BCUT2D eigenvalue weighted by molar-refractivity contribution is 9.09. The Morgan fingerprint density at radius 1 is 1.24 bits per heavy atom. The van der Waals surface area contributed by atoms with Gasteiger partial charge in [0.25, 0.3) is 5.91 Å². The zero-order valence-electron chi connectivity index (χ0n) is 21.5. The number of benzene rings is 1. The number of aliphatic hydroxyl groups excluding tert-OH is 1. The van der Waals surface area contributed by atoms with Crippen LogP contribution in [0.1, 0.15) is 33.6 Å². The molecular weight excluding hydrogens is 542 g/mol. The number of anilines is 2. The van der Waals surface area contributed by atoms with Crippen molar-refractivity contribution in [2.75, 3.05) is 36.0 Å². The lowest BCUT2D eigenvalue weighted by atomic mass is 9.70. The van der Waals surface area contributed by atoms with Crippen molar-refractivity contribution in [3.8, 4) is 0 Å². The maximum Gasteiger partial charge on any atom is 0.310 e. The SMILES string of the molecule is C=CCN(C(=O)C1N([C@@H](CC)CO)C(=O)[C@@H]2[C@H](C(=O)O)[C@H]3OC12CC3Br)c1ccc(N(CC)CC)cc1. The molecule has 3 unspecified atom stereocenters. The van der Waals surface area contributed by atoms with Crippen LogP contribution in [0, 0.1) is 11.8 Å². The summed E-state index contributed by atoms with van der Waals surface area (Å²) in [5, 5.41) is 20.2. The molecule has 2 bridgehead atoms. The Balaban J connectivity index is 1.79. The van der Waals surface area contributed by atoms with Crippen LogP contribution in [-0.4, -0.2) is 87.8 Å². The maximum absolute atomic E-state index is 14.4. The van der Waals surface area contributed by atoms with Gasteiger partial charge in [0.15, 0.2) is 0 Å². The van der Waals surface area contributed by atoms with E-state index in [0.29, 0.717) is 18.5 Å². The predicted molar refractivity (Wildman–Crippen MR) is 144 cm³/mol. The van der Waals surface area contributed by atoms with Gasteiger partial charge in [0.05, 0.1) is 30.6 Å². The third-order valence-corrected chi connectivity index (χ3v) is 9.03. The number of carbonyl (C=O) groups excluding carboxylic acids is 2. The van der Waals surface area contributed by atoms with Crippen LogP contribution >= 0.6 is 15.9 Å². The molecule has 3 aliphatic rings. The van der Waals surface area contributed by atoms with Crippen molar-refractivity contribution in [2.24, 2.45) is 11.8 Å². The van der Waals surface area contributed by atoms with Crippen molar-refractivity contribution < 1.29 is 29.3 Å². The average molecular weight is 579 g/mol. The third-order valence-electron chi connectivity index (χ3n) is 8.19. The Morgan fingerprint density at radius 3 is 2.38 bits per heavy atom. The van der Waals surface area contributed by atoms with Gasteiger partial charge in [0.1, 0.15) is 11.6 Å². The van der Waals surface area contributed by atoms with E-state index in [9.17, 15) is 24.6 Å².